The van der Waals surface area contributed by atoms with Gasteiger partial charge >= 0.3 is 6.18 Å². The van der Waals surface area contributed by atoms with Crippen LogP contribution in [-0.2, 0) is 9.59 Å². The Labute approximate surface area is 164 Å². The van der Waals surface area contributed by atoms with Crippen molar-refractivity contribution in [1.29, 1.82) is 0 Å². The second-order valence-electron chi connectivity index (χ2n) is 6.34. The molecule has 0 aromatic heterocycles. The molecule has 3 rings (SSSR count). The van der Waals surface area contributed by atoms with E-state index >= 15 is 0 Å². The van der Waals surface area contributed by atoms with Crippen LogP contribution in [0.15, 0.2) is 24.3 Å². The van der Waals surface area contributed by atoms with Gasteiger partial charge < -0.3 is 10.2 Å². The van der Waals surface area contributed by atoms with Crippen LogP contribution in [0.1, 0.15) is 19.3 Å². The van der Waals surface area contributed by atoms with Crippen molar-refractivity contribution in [3.63, 3.8) is 0 Å². The zero-order chi connectivity index (χ0) is 19.6. The van der Waals surface area contributed by atoms with Crippen molar-refractivity contribution in [1.82, 2.24) is 4.90 Å². The quantitative estimate of drug-likeness (QED) is 0.748. The van der Waals surface area contributed by atoms with Crippen LogP contribution < -0.4 is 10.2 Å². The van der Waals surface area contributed by atoms with Gasteiger partial charge in [-0.05, 0) is 25.0 Å². The maximum atomic E-state index is 13.6. The van der Waals surface area contributed by atoms with Crippen molar-refractivity contribution in [2.75, 3.05) is 29.1 Å². The maximum absolute atomic E-state index is 13.6. The first kappa shape index (κ1) is 19.9. The van der Waals surface area contributed by atoms with E-state index in [0.717, 1.165) is 37.7 Å². The molecule has 0 bridgehead atoms. The second-order valence-corrected chi connectivity index (χ2v) is 7.95. The maximum Gasteiger partial charge on any atom is 0.409 e. The molecule has 0 aliphatic carbocycles. The van der Waals surface area contributed by atoms with Gasteiger partial charge in [0.1, 0.15) is 10.4 Å². The van der Waals surface area contributed by atoms with Gasteiger partial charge in [0.15, 0.2) is 0 Å². The minimum Gasteiger partial charge on any atom is -0.358 e. The number of fused-ring (bicyclic) bond motifs is 1. The van der Waals surface area contributed by atoms with E-state index in [4.69, 9.17) is 12.2 Å². The van der Waals surface area contributed by atoms with E-state index in [1.165, 1.54) is 18.2 Å². The summed E-state index contributed by atoms with van der Waals surface area (Å²) in [7, 11) is 0. The second kappa shape index (κ2) is 8.05. The van der Waals surface area contributed by atoms with E-state index in [-0.39, 0.29) is 17.1 Å². The molecule has 5 nitrogen and oxygen atoms in total. The number of rotatable bonds is 2. The first-order valence-corrected chi connectivity index (χ1v) is 9.86. The molecule has 2 aliphatic rings. The molecule has 10 heteroatoms. The highest BCUT2D eigenvalue weighted by Gasteiger charge is 2.48. The summed E-state index contributed by atoms with van der Waals surface area (Å²) in [6.45, 7) is 1.60. The van der Waals surface area contributed by atoms with E-state index in [1.807, 2.05) is 4.90 Å². The highest BCUT2D eigenvalue weighted by molar-refractivity contribution is 8.23. The Bertz CT molecular complexity index is 751. The molecular weight excluding hydrogens is 399 g/mol. The molecule has 1 N–H and O–H groups in total. The summed E-state index contributed by atoms with van der Waals surface area (Å²) >= 11 is 6.35. The molecule has 2 amide bonds. The molecule has 27 heavy (non-hydrogen) atoms. The topological polar surface area (TPSA) is 52.7 Å². The number of alkyl halides is 3. The Kier molecular flexibility index (Phi) is 5.95. The third-order valence-corrected chi connectivity index (χ3v) is 5.97. The minimum atomic E-state index is -4.73. The van der Waals surface area contributed by atoms with Gasteiger partial charge in [-0.3, -0.25) is 14.5 Å². The van der Waals surface area contributed by atoms with Crippen LogP contribution in [0.4, 0.5) is 24.5 Å². The monoisotopic (exact) mass is 417 g/mol. The highest BCUT2D eigenvalue weighted by atomic mass is 32.2. The van der Waals surface area contributed by atoms with Crippen LogP contribution in [0.2, 0.25) is 0 Å². The summed E-state index contributed by atoms with van der Waals surface area (Å²) < 4.78 is 41.4. The number of nitrogens with zero attached hydrogens (tertiary/aromatic N) is 2. The van der Waals surface area contributed by atoms with Gasteiger partial charge in [-0.2, -0.15) is 13.2 Å². The Morgan fingerprint density at radius 1 is 1.26 bits per heavy atom. The fourth-order valence-electron chi connectivity index (χ4n) is 3.18. The van der Waals surface area contributed by atoms with Gasteiger partial charge in [0, 0.05) is 13.1 Å². The van der Waals surface area contributed by atoms with Gasteiger partial charge in [-0.15, -0.1) is 0 Å². The lowest BCUT2D eigenvalue weighted by Crippen LogP contribution is -2.50. The van der Waals surface area contributed by atoms with Crippen molar-refractivity contribution in [2.45, 2.75) is 31.5 Å². The molecule has 1 saturated heterocycles. The zero-order valence-electron chi connectivity index (χ0n) is 14.3. The predicted octanol–water partition coefficient (Wildman–Crippen LogP) is 3.41. The number of amides is 2. The van der Waals surface area contributed by atoms with Crippen LogP contribution in [0.3, 0.4) is 0 Å². The summed E-state index contributed by atoms with van der Waals surface area (Å²) in [6, 6.07) is 3.79. The summed E-state index contributed by atoms with van der Waals surface area (Å²) in [5.41, 5.74) is 0.234. The van der Waals surface area contributed by atoms with Crippen LogP contribution >= 0.6 is 24.0 Å². The number of hydrogen-bond acceptors (Lipinski definition) is 4. The van der Waals surface area contributed by atoms with Gasteiger partial charge in [0.05, 0.1) is 23.5 Å². The summed E-state index contributed by atoms with van der Waals surface area (Å²) in [6.07, 6.45) is -3.55. The van der Waals surface area contributed by atoms with Crippen LogP contribution in [0.25, 0.3) is 0 Å². The first-order chi connectivity index (χ1) is 12.8. The number of carbonyl (C=O) groups excluding carboxylic acids is 2. The Hall–Kier alpha value is -1.81. The third-order valence-electron chi connectivity index (χ3n) is 4.46. The molecular formula is C17H18F3N3O2S2. The van der Waals surface area contributed by atoms with Gasteiger partial charge in [-0.25, -0.2) is 0 Å². The molecule has 0 radical (unpaired) electrons. The average molecular weight is 417 g/mol. The summed E-state index contributed by atoms with van der Waals surface area (Å²) in [5, 5.41) is 2.45. The van der Waals surface area contributed by atoms with Gasteiger partial charge in [-0.1, -0.05) is 36.1 Å². The van der Waals surface area contributed by atoms with E-state index in [0.29, 0.717) is 9.22 Å². The lowest BCUT2D eigenvalue weighted by molar-refractivity contribution is -0.157. The molecule has 1 atom stereocenters. The number of carbonyl (C=O) groups is 2. The van der Waals surface area contributed by atoms with Crippen molar-refractivity contribution >= 4 is 51.5 Å². The van der Waals surface area contributed by atoms with Gasteiger partial charge in [0.2, 0.25) is 11.8 Å². The van der Waals surface area contributed by atoms with Crippen molar-refractivity contribution in [3.05, 3.63) is 24.3 Å². The van der Waals surface area contributed by atoms with Crippen LogP contribution in [0.5, 0.6) is 0 Å². The van der Waals surface area contributed by atoms with Crippen molar-refractivity contribution in [2.24, 2.45) is 0 Å². The predicted molar refractivity (Wildman–Crippen MR) is 103 cm³/mol. The molecule has 1 fully saturated rings. The number of halogens is 3. The van der Waals surface area contributed by atoms with Crippen LogP contribution in [-0.4, -0.2) is 52.1 Å². The molecule has 1 aromatic carbocycles. The van der Waals surface area contributed by atoms with E-state index in [2.05, 4.69) is 5.32 Å². The summed E-state index contributed by atoms with van der Waals surface area (Å²) in [4.78, 5) is 27.4. The van der Waals surface area contributed by atoms with Gasteiger partial charge in [0.25, 0.3) is 0 Å². The lowest BCUT2D eigenvalue weighted by Gasteiger charge is -2.31. The number of anilines is 2. The fraction of sp³-hybridized carbons (Fsp3) is 0.471. The average Bonchev–Trinajstić information content (AvgIpc) is 3.09. The Balaban J connectivity index is 1.84. The van der Waals surface area contributed by atoms with E-state index in [9.17, 15) is 22.8 Å². The largest absolute Gasteiger partial charge is 0.409 e. The number of para-hydroxylation sites is 2. The number of hydrogen-bond donors (Lipinski definition) is 1. The highest BCUT2D eigenvalue weighted by Crippen LogP contribution is 2.38. The third kappa shape index (κ3) is 4.55. The minimum absolute atomic E-state index is 0.0448. The van der Waals surface area contributed by atoms with Crippen molar-refractivity contribution < 1.29 is 22.8 Å². The standard InChI is InChI=1S/C17H18F3N3O2S2/c18-17(19,20)13-9-14(24)21-11-5-1-2-6-12(11)23(13)15(25)10-27-16(26)22-7-3-4-8-22/h1-2,5-6,13H,3-4,7-10H2,(H,21,24). The smallest absolute Gasteiger partial charge is 0.358 e. The number of benzene rings is 1. The van der Waals surface area contributed by atoms with E-state index < -0.39 is 30.5 Å². The number of likely N-dealkylation sites (tertiary alicyclic amines) is 1. The summed E-state index contributed by atoms with van der Waals surface area (Å²) in [5.74, 6) is -1.72. The molecule has 0 saturated carbocycles. The number of thiocarbonyl (C=S) groups is 1. The lowest BCUT2D eigenvalue weighted by atomic mass is 10.1. The molecule has 1 unspecified atom stereocenters. The van der Waals surface area contributed by atoms with Crippen molar-refractivity contribution in [3.8, 4) is 0 Å². The number of nitrogens with one attached hydrogen (secondary N) is 1. The molecule has 0 spiro atoms. The first-order valence-electron chi connectivity index (χ1n) is 8.46. The fourth-order valence-corrected chi connectivity index (χ4v) is 4.29. The van der Waals surface area contributed by atoms with E-state index in [1.54, 1.807) is 6.07 Å². The Morgan fingerprint density at radius 2 is 1.93 bits per heavy atom. The molecule has 2 heterocycles. The molecule has 1 aromatic rings. The normalized spacial score (nSPS) is 20.1. The SMILES string of the molecule is O=C1CC(C(F)(F)F)N(C(=O)CSC(=S)N2CCCC2)c2ccccc2N1. The Morgan fingerprint density at radius 3 is 2.59 bits per heavy atom. The molecule has 2 aliphatic heterocycles. The molecule has 146 valence electrons. The zero-order valence-corrected chi connectivity index (χ0v) is 15.9. The number of thioether (sulfide) groups is 1. The van der Waals surface area contributed by atoms with Crippen LogP contribution in [0, 0.1) is 0 Å².